The molecule has 0 bridgehead atoms. The third-order valence-electron chi connectivity index (χ3n) is 2.45. The third-order valence-corrected chi connectivity index (χ3v) is 2.45. The fraction of sp³-hybridized carbons (Fsp3) is 0.900. The minimum Gasteiger partial charge on any atom is -0.355 e. The number of likely N-dealkylation sites (tertiary alicyclic amines) is 1. The van der Waals surface area contributed by atoms with Gasteiger partial charge in [0, 0.05) is 19.0 Å². The second-order valence-corrected chi connectivity index (χ2v) is 3.99. The molecule has 1 aliphatic heterocycles. The number of hydrogen-bond donors (Lipinski definition) is 1. The van der Waals surface area contributed by atoms with Crippen molar-refractivity contribution in [2.45, 2.75) is 26.7 Å². The maximum atomic E-state index is 11.2. The maximum absolute atomic E-state index is 11.2. The van der Waals surface area contributed by atoms with Crippen LogP contribution in [0.5, 0.6) is 0 Å². The van der Waals surface area contributed by atoms with Crippen molar-refractivity contribution in [3.8, 4) is 0 Å². The zero-order valence-electron chi connectivity index (χ0n) is 8.68. The van der Waals surface area contributed by atoms with Crippen LogP contribution in [-0.2, 0) is 4.79 Å². The molecule has 3 nitrogen and oxygen atoms in total. The topological polar surface area (TPSA) is 32.3 Å². The van der Waals surface area contributed by atoms with Crippen molar-refractivity contribution in [3.05, 3.63) is 0 Å². The van der Waals surface area contributed by atoms with Gasteiger partial charge in [-0.1, -0.05) is 13.8 Å². The first kappa shape index (κ1) is 10.5. The Morgan fingerprint density at radius 1 is 1.38 bits per heavy atom. The molecule has 1 aliphatic rings. The van der Waals surface area contributed by atoms with Gasteiger partial charge in [0.2, 0.25) is 5.91 Å². The molecule has 1 heterocycles. The Bertz CT molecular complexity index is 162. The van der Waals surface area contributed by atoms with Crippen molar-refractivity contribution < 1.29 is 4.79 Å². The minimum atomic E-state index is 0.110. The van der Waals surface area contributed by atoms with Gasteiger partial charge in [0.05, 0.1) is 0 Å². The zero-order chi connectivity index (χ0) is 9.68. The lowest BCUT2D eigenvalue weighted by atomic mass is 10.2. The van der Waals surface area contributed by atoms with E-state index in [2.05, 4.69) is 10.2 Å². The van der Waals surface area contributed by atoms with Crippen LogP contribution in [0.15, 0.2) is 0 Å². The first-order valence-electron chi connectivity index (χ1n) is 5.20. The average molecular weight is 184 g/mol. The summed E-state index contributed by atoms with van der Waals surface area (Å²) in [5.41, 5.74) is 0. The van der Waals surface area contributed by atoms with Crippen LogP contribution >= 0.6 is 0 Å². The van der Waals surface area contributed by atoms with E-state index >= 15 is 0 Å². The second kappa shape index (κ2) is 5.22. The molecule has 13 heavy (non-hydrogen) atoms. The Labute approximate surface area is 80.5 Å². The number of rotatable bonds is 4. The van der Waals surface area contributed by atoms with Gasteiger partial charge in [-0.2, -0.15) is 0 Å². The molecule has 1 rings (SSSR count). The third kappa shape index (κ3) is 3.77. The highest BCUT2D eigenvalue weighted by Gasteiger charge is 2.11. The van der Waals surface area contributed by atoms with Crippen molar-refractivity contribution in [2.75, 3.05) is 26.2 Å². The van der Waals surface area contributed by atoms with E-state index in [0.717, 1.165) is 13.1 Å². The molecule has 76 valence electrons. The standard InChI is InChI=1S/C10H20N2O/c1-9(2)10(13)11-5-8-12-6-3-4-7-12/h9H,3-8H2,1-2H3,(H,11,13). The summed E-state index contributed by atoms with van der Waals surface area (Å²) in [6, 6.07) is 0. The van der Waals surface area contributed by atoms with Crippen LogP contribution in [0.25, 0.3) is 0 Å². The number of nitrogens with zero attached hydrogens (tertiary/aromatic N) is 1. The van der Waals surface area contributed by atoms with Crippen LogP contribution in [0.3, 0.4) is 0 Å². The molecule has 1 fully saturated rings. The number of hydrogen-bond acceptors (Lipinski definition) is 2. The van der Waals surface area contributed by atoms with E-state index in [9.17, 15) is 4.79 Å². The van der Waals surface area contributed by atoms with Gasteiger partial charge in [0.1, 0.15) is 0 Å². The van der Waals surface area contributed by atoms with Crippen LogP contribution < -0.4 is 5.32 Å². The van der Waals surface area contributed by atoms with Gasteiger partial charge in [-0.3, -0.25) is 4.79 Å². The summed E-state index contributed by atoms with van der Waals surface area (Å²) in [6.45, 7) is 8.07. The lowest BCUT2D eigenvalue weighted by Gasteiger charge is -2.15. The van der Waals surface area contributed by atoms with Gasteiger partial charge >= 0.3 is 0 Å². The van der Waals surface area contributed by atoms with E-state index in [1.54, 1.807) is 0 Å². The predicted molar refractivity (Wildman–Crippen MR) is 53.5 cm³/mol. The van der Waals surface area contributed by atoms with Crippen LogP contribution in [0, 0.1) is 5.92 Å². The zero-order valence-corrected chi connectivity index (χ0v) is 8.68. The van der Waals surface area contributed by atoms with E-state index in [0.29, 0.717) is 0 Å². The van der Waals surface area contributed by atoms with E-state index in [1.165, 1.54) is 25.9 Å². The van der Waals surface area contributed by atoms with Gasteiger partial charge in [-0.25, -0.2) is 0 Å². The Morgan fingerprint density at radius 2 is 2.00 bits per heavy atom. The van der Waals surface area contributed by atoms with Crippen molar-refractivity contribution in [2.24, 2.45) is 5.92 Å². The predicted octanol–water partition coefficient (Wildman–Crippen LogP) is 0.854. The molecule has 0 radical (unpaired) electrons. The van der Waals surface area contributed by atoms with Gasteiger partial charge in [-0.05, 0) is 25.9 Å². The Kier molecular flexibility index (Phi) is 4.22. The molecule has 0 atom stereocenters. The normalized spacial score (nSPS) is 18.1. The van der Waals surface area contributed by atoms with E-state index < -0.39 is 0 Å². The van der Waals surface area contributed by atoms with Gasteiger partial charge < -0.3 is 10.2 Å². The average Bonchev–Trinajstić information content (AvgIpc) is 2.56. The van der Waals surface area contributed by atoms with Crippen molar-refractivity contribution in [1.82, 2.24) is 10.2 Å². The number of carbonyl (C=O) groups is 1. The molecule has 0 aromatic heterocycles. The minimum absolute atomic E-state index is 0.110. The quantitative estimate of drug-likeness (QED) is 0.702. The van der Waals surface area contributed by atoms with Crippen molar-refractivity contribution >= 4 is 5.91 Å². The van der Waals surface area contributed by atoms with Crippen molar-refractivity contribution in [1.29, 1.82) is 0 Å². The molecule has 1 N–H and O–H groups in total. The van der Waals surface area contributed by atoms with Gasteiger partial charge in [0.15, 0.2) is 0 Å². The fourth-order valence-electron chi connectivity index (χ4n) is 1.55. The first-order chi connectivity index (χ1) is 6.20. The Hall–Kier alpha value is -0.570. The summed E-state index contributed by atoms with van der Waals surface area (Å²) in [4.78, 5) is 13.6. The largest absolute Gasteiger partial charge is 0.355 e. The smallest absolute Gasteiger partial charge is 0.222 e. The molecule has 1 saturated heterocycles. The summed E-state index contributed by atoms with van der Waals surface area (Å²) in [6.07, 6.45) is 2.64. The number of carbonyl (C=O) groups excluding carboxylic acids is 1. The molecule has 0 aliphatic carbocycles. The Morgan fingerprint density at radius 3 is 2.54 bits per heavy atom. The van der Waals surface area contributed by atoms with Crippen LogP contribution in [0.2, 0.25) is 0 Å². The molecule has 0 aromatic rings. The lowest BCUT2D eigenvalue weighted by molar-refractivity contribution is -0.124. The molecule has 0 spiro atoms. The Balaban J connectivity index is 2.03. The van der Waals surface area contributed by atoms with Gasteiger partial charge in [0.25, 0.3) is 0 Å². The molecule has 0 unspecified atom stereocenters. The highest BCUT2D eigenvalue weighted by atomic mass is 16.1. The van der Waals surface area contributed by atoms with Crippen LogP contribution in [-0.4, -0.2) is 37.0 Å². The number of amides is 1. The van der Waals surface area contributed by atoms with E-state index in [-0.39, 0.29) is 11.8 Å². The summed E-state index contributed by atoms with van der Waals surface area (Å²) in [5, 5.41) is 2.93. The summed E-state index contributed by atoms with van der Waals surface area (Å²) in [7, 11) is 0. The lowest BCUT2D eigenvalue weighted by Crippen LogP contribution is -2.35. The molecule has 3 heteroatoms. The highest BCUT2D eigenvalue weighted by Crippen LogP contribution is 2.05. The summed E-state index contributed by atoms with van der Waals surface area (Å²) >= 11 is 0. The molecule has 0 aromatic carbocycles. The molecule has 0 saturated carbocycles. The summed E-state index contributed by atoms with van der Waals surface area (Å²) in [5.74, 6) is 0.276. The molecule has 1 amide bonds. The summed E-state index contributed by atoms with van der Waals surface area (Å²) < 4.78 is 0. The molecular weight excluding hydrogens is 164 g/mol. The van der Waals surface area contributed by atoms with Crippen LogP contribution in [0.4, 0.5) is 0 Å². The SMILES string of the molecule is CC(C)C(=O)NCCN1CCCC1. The molecular formula is C10H20N2O. The second-order valence-electron chi connectivity index (χ2n) is 3.99. The number of nitrogens with one attached hydrogen (secondary N) is 1. The van der Waals surface area contributed by atoms with E-state index in [4.69, 9.17) is 0 Å². The first-order valence-corrected chi connectivity index (χ1v) is 5.20. The van der Waals surface area contributed by atoms with Crippen LogP contribution in [0.1, 0.15) is 26.7 Å². The maximum Gasteiger partial charge on any atom is 0.222 e. The highest BCUT2D eigenvalue weighted by molar-refractivity contribution is 5.77. The van der Waals surface area contributed by atoms with Gasteiger partial charge in [-0.15, -0.1) is 0 Å². The monoisotopic (exact) mass is 184 g/mol. The van der Waals surface area contributed by atoms with E-state index in [1.807, 2.05) is 13.8 Å². The van der Waals surface area contributed by atoms with Crippen molar-refractivity contribution in [3.63, 3.8) is 0 Å². The fourth-order valence-corrected chi connectivity index (χ4v) is 1.55.